The third-order valence-corrected chi connectivity index (χ3v) is 3.50. The Bertz CT molecular complexity index is 464. The molecule has 0 amide bonds. The predicted molar refractivity (Wildman–Crippen MR) is 65.0 cm³/mol. The van der Waals surface area contributed by atoms with Crippen molar-refractivity contribution < 1.29 is 18.0 Å². The Morgan fingerprint density at radius 1 is 1.28 bits per heavy atom. The van der Waals surface area contributed by atoms with Gasteiger partial charge in [0, 0.05) is 16.9 Å². The number of carbonyl (C=O) groups excluding carboxylic acids is 1. The van der Waals surface area contributed by atoms with Gasteiger partial charge in [0.15, 0.2) is 5.78 Å². The normalized spacial score (nSPS) is 12.6. The molecule has 0 fully saturated rings. The second-order valence-electron chi connectivity index (χ2n) is 4.82. The fourth-order valence-corrected chi connectivity index (χ4v) is 1.74. The highest BCUT2D eigenvalue weighted by Crippen LogP contribution is 2.34. The van der Waals surface area contributed by atoms with Gasteiger partial charge < -0.3 is 0 Å². The van der Waals surface area contributed by atoms with Gasteiger partial charge in [0.1, 0.15) is 0 Å². The molecular formula is C13H14ClF3O. The minimum atomic E-state index is -4.45. The van der Waals surface area contributed by atoms with Crippen LogP contribution in [0.5, 0.6) is 0 Å². The van der Waals surface area contributed by atoms with Crippen molar-refractivity contribution in [3.63, 3.8) is 0 Å². The van der Waals surface area contributed by atoms with Crippen LogP contribution in [0.1, 0.15) is 35.3 Å². The number of alkyl halides is 4. The van der Waals surface area contributed by atoms with Crippen LogP contribution in [0.4, 0.5) is 13.2 Å². The fourth-order valence-electron chi connectivity index (χ4n) is 1.61. The molecule has 1 aromatic rings. The summed E-state index contributed by atoms with van der Waals surface area (Å²) in [6, 6.07) is 3.62. The predicted octanol–water partition coefficient (Wildman–Crippen LogP) is 4.46. The first-order valence-corrected chi connectivity index (χ1v) is 5.92. The van der Waals surface area contributed by atoms with Gasteiger partial charge in [-0.25, -0.2) is 0 Å². The van der Waals surface area contributed by atoms with E-state index in [1.54, 1.807) is 13.8 Å². The third-order valence-electron chi connectivity index (χ3n) is 2.83. The van der Waals surface area contributed by atoms with Gasteiger partial charge in [0.25, 0.3) is 0 Å². The lowest BCUT2D eigenvalue weighted by Gasteiger charge is -2.22. The Balaban J connectivity index is 3.33. The lowest BCUT2D eigenvalue weighted by atomic mass is 9.83. The molecule has 1 aromatic carbocycles. The van der Waals surface area contributed by atoms with Crippen LogP contribution in [0.3, 0.4) is 0 Å². The Morgan fingerprint density at radius 2 is 1.83 bits per heavy atom. The maximum absolute atomic E-state index is 12.7. The van der Waals surface area contributed by atoms with E-state index in [1.165, 1.54) is 19.1 Å². The average Bonchev–Trinajstić information content (AvgIpc) is 2.27. The first kappa shape index (κ1) is 15.0. The largest absolute Gasteiger partial charge is 0.416 e. The van der Waals surface area contributed by atoms with Crippen molar-refractivity contribution in [3.8, 4) is 0 Å². The zero-order valence-corrected chi connectivity index (χ0v) is 11.1. The van der Waals surface area contributed by atoms with E-state index in [4.69, 9.17) is 11.6 Å². The second kappa shape index (κ2) is 4.92. The minimum absolute atomic E-state index is 0.0480. The van der Waals surface area contributed by atoms with Gasteiger partial charge in [-0.05, 0) is 18.6 Å². The molecule has 0 saturated heterocycles. The van der Waals surface area contributed by atoms with E-state index in [-0.39, 0.29) is 22.8 Å². The van der Waals surface area contributed by atoms with Crippen molar-refractivity contribution in [2.75, 3.05) is 5.88 Å². The number of benzene rings is 1. The second-order valence-corrected chi connectivity index (χ2v) is 5.09. The summed E-state index contributed by atoms with van der Waals surface area (Å²) in [4.78, 5) is 12.1. The first-order chi connectivity index (χ1) is 8.11. The van der Waals surface area contributed by atoms with Gasteiger partial charge in [-0.3, -0.25) is 4.79 Å². The highest BCUT2D eigenvalue weighted by molar-refractivity contribution is 6.21. The zero-order valence-electron chi connectivity index (χ0n) is 10.4. The number of hydrogen-bond acceptors (Lipinski definition) is 1. The molecule has 0 aliphatic rings. The summed E-state index contributed by atoms with van der Waals surface area (Å²) in [7, 11) is 0. The maximum atomic E-state index is 12.7. The highest BCUT2D eigenvalue weighted by atomic mass is 35.5. The van der Waals surface area contributed by atoms with Crippen LogP contribution in [-0.2, 0) is 6.18 Å². The summed E-state index contributed by atoms with van der Waals surface area (Å²) in [5.74, 6) is -0.317. The van der Waals surface area contributed by atoms with Gasteiger partial charge in [0.2, 0.25) is 0 Å². The number of halogens is 4. The van der Waals surface area contributed by atoms with Crippen LogP contribution in [0.15, 0.2) is 18.2 Å². The van der Waals surface area contributed by atoms with Crippen LogP contribution in [-0.4, -0.2) is 11.7 Å². The molecule has 100 valence electrons. The van der Waals surface area contributed by atoms with Crippen LogP contribution < -0.4 is 0 Å². The van der Waals surface area contributed by atoms with Crippen molar-refractivity contribution in [1.82, 2.24) is 0 Å². The first-order valence-electron chi connectivity index (χ1n) is 5.39. The van der Waals surface area contributed by atoms with Gasteiger partial charge in [-0.1, -0.05) is 26.0 Å². The van der Waals surface area contributed by atoms with E-state index in [0.29, 0.717) is 0 Å². The number of Topliss-reactive ketones (excluding diaryl/α,β-unsaturated/α-hetero) is 1. The van der Waals surface area contributed by atoms with E-state index < -0.39 is 17.2 Å². The van der Waals surface area contributed by atoms with E-state index >= 15 is 0 Å². The third kappa shape index (κ3) is 2.86. The van der Waals surface area contributed by atoms with Crippen LogP contribution >= 0.6 is 11.6 Å². The SMILES string of the molecule is Cc1c(C(=O)C(C)(C)CCl)cccc1C(F)(F)F. The maximum Gasteiger partial charge on any atom is 0.416 e. The molecule has 0 radical (unpaired) electrons. The van der Waals surface area contributed by atoms with E-state index in [9.17, 15) is 18.0 Å². The molecular weight excluding hydrogens is 265 g/mol. The Morgan fingerprint density at radius 3 is 2.28 bits per heavy atom. The fraction of sp³-hybridized carbons (Fsp3) is 0.462. The van der Waals surface area contributed by atoms with Gasteiger partial charge in [-0.2, -0.15) is 13.2 Å². The lowest BCUT2D eigenvalue weighted by molar-refractivity contribution is -0.138. The van der Waals surface area contributed by atoms with Crippen LogP contribution in [0.2, 0.25) is 0 Å². The summed E-state index contributed by atoms with van der Waals surface area (Å²) in [6.07, 6.45) is -4.45. The van der Waals surface area contributed by atoms with Crippen molar-refractivity contribution in [1.29, 1.82) is 0 Å². The van der Waals surface area contributed by atoms with Crippen molar-refractivity contribution in [3.05, 3.63) is 34.9 Å². The number of rotatable bonds is 3. The molecule has 1 nitrogen and oxygen atoms in total. The average molecular weight is 279 g/mol. The lowest BCUT2D eigenvalue weighted by Crippen LogP contribution is -2.27. The Hall–Kier alpha value is -1.03. The highest BCUT2D eigenvalue weighted by Gasteiger charge is 2.35. The molecule has 0 atom stereocenters. The quantitative estimate of drug-likeness (QED) is 0.589. The molecule has 0 heterocycles. The molecule has 0 aromatic heterocycles. The molecule has 0 aliphatic heterocycles. The Labute approximate surface area is 109 Å². The molecule has 0 aliphatic carbocycles. The summed E-state index contributed by atoms with van der Waals surface area (Å²) in [6.45, 7) is 4.53. The zero-order chi connectivity index (χ0) is 14.1. The minimum Gasteiger partial charge on any atom is -0.294 e. The molecule has 0 bridgehead atoms. The van der Waals surface area contributed by atoms with Crippen LogP contribution in [0, 0.1) is 12.3 Å². The van der Waals surface area contributed by atoms with Crippen molar-refractivity contribution in [2.24, 2.45) is 5.41 Å². The monoisotopic (exact) mass is 278 g/mol. The van der Waals surface area contributed by atoms with Crippen molar-refractivity contribution in [2.45, 2.75) is 26.9 Å². The number of ketones is 1. The Kier molecular flexibility index (Phi) is 4.11. The number of carbonyl (C=O) groups is 1. The van der Waals surface area contributed by atoms with E-state index in [0.717, 1.165) is 6.07 Å². The van der Waals surface area contributed by atoms with E-state index in [2.05, 4.69) is 0 Å². The molecule has 0 saturated carbocycles. The number of hydrogen-bond donors (Lipinski definition) is 0. The topological polar surface area (TPSA) is 17.1 Å². The summed E-state index contributed by atoms with van der Waals surface area (Å²) < 4.78 is 38.2. The summed E-state index contributed by atoms with van der Waals surface area (Å²) in [5, 5.41) is 0. The van der Waals surface area contributed by atoms with Crippen molar-refractivity contribution >= 4 is 17.4 Å². The summed E-state index contributed by atoms with van der Waals surface area (Å²) in [5.41, 5.74) is -1.63. The molecule has 0 spiro atoms. The van der Waals surface area contributed by atoms with Gasteiger partial charge >= 0.3 is 6.18 Å². The molecule has 0 unspecified atom stereocenters. The molecule has 0 N–H and O–H groups in total. The summed E-state index contributed by atoms with van der Waals surface area (Å²) >= 11 is 5.68. The molecule has 5 heteroatoms. The standard InChI is InChI=1S/C13H14ClF3O/c1-8-9(11(18)12(2,3)7-14)5-4-6-10(8)13(15,16)17/h4-6H,7H2,1-3H3. The smallest absolute Gasteiger partial charge is 0.294 e. The van der Waals surface area contributed by atoms with Gasteiger partial charge in [0.05, 0.1) is 5.56 Å². The van der Waals surface area contributed by atoms with Gasteiger partial charge in [-0.15, -0.1) is 11.6 Å². The van der Waals surface area contributed by atoms with Crippen LogP contribution in [0.25, 0.3) is 0 Å². The van der Waals surface area contributed by atoms with E-state index in [1.807, 2.05) is 0 Å². The molecule has 1 rings (SSSR count). The molecule has 18 heavy (non-hydrogen) atoms.